The summed E-state index contributed by atoms with van der Waals surface area (Å²) < 4.78 is 1.61. The third-order valence-electron chi connectivity index (χ3n) is 2.88. The summed E-state index contributed by atoms with van der Waals surface area (Å²) >= 11 is 11.7. The van der Waals surface area contributed by atoms with Crippen LogP contribution in [0.2, 0.25) is 10.0 Å². The summed E-state index contributed by atoms with van der Waals surface area (Å²) in [6.07, 6.45) is 1.70. The van der Waals surface area contributed by atoms with Crippen LogP contribution in [0.3, 0.4) is 0 Å². The number of amides is 1. The smallest absolute Gasteiger partial charge is 0.255 e. The highest BCUT2D eigenvalue weighted by Gasteiger charge is 2.09. The number of aryl methyl sites for hydroxylation is 1. The van der Waals surface area contributed by atoms with Gasteiger partial charge in [-0.05, 0) is 37.3 Å². The number of nitrogens with zero attached hydrogens (tertiary/aromatic N) is 3. The van der Waals surface area contributed by atoms with E-state index in [1.54, 1.807) is 41.9 Å². The van der Waals surface area contributed by atoms with Crippen molar-refractivity contribution < 1.29 is 4.79 Å². The molecule has 0 unspecified atom stereocenters. The summed E-state index contributed by atoms with van der Waals surface area (Å²) in [6, 6.07) is 8.27. The zero-order valence-electron chi connectivity index (χ0n) is 11.0. The van der Waals surface area contributed by atoms with Gasteiger partial charge in [0.25, 0.3) is 5.91 Å². The summed E-state index contributed by atoms with van der Waals surface area (Å²) in [6.45, 7) is 1.81. The lowest BCUT2D eigenvalue weighted by Crippen LogP contribution is -2.12. The van der Waals surface area contributed by atoms with Crippen molar-refractivity contribution in [1.82, 2.24) is 14.6 Å². The third kappa shape index (κ3) is 2.84. The van der Waals surface area contributed by atoms with Crippen molar-refractivity contribution in [3.63, 3.8) is 0 Å². The summed E-state index contributed by atoms with van der Waals surface area (Å²) in [7, 11) is 0. The van der Waals surface area contributed by atoms with Gasteiger partial charge in [-0.25, -0.2) is 9.50 Å². The molecule has 106 valence electrons. The molecule has 2 heterocycles. The maximum absolute atomic E-state index is 12.2. The second-order valence-electron chi connectivity index (χ2n) is 4.46. The Kier molecular flexibility index (Phi) is 3.53. The summed E-state index contributed by atoms with van der Waals surface area (Å²) in [4.78, 5) is 16.4. The second-order valence-corrected chi connectivity index (χ2v) is 5.28. The number of aromatic nitrogens is 3. The minimum atomic E-state index is -0.273. The number of hydrogen-bond acceptors (Lipinski definition) is 3. The Morgan fingerprint density at radius 2 is 2.00 bits per heavy atom. The number of pyridine rings is 1. The Morgan fingerprint density at radius 3 is 2.76 bits per heavy atom. The van der Waals surface area contributed by atoms with E-state index < -0.39 is 0 Å². The quantitative estimate of drug-likeness (QED) is 0.784. The van der Waals surface area contributed by atoms with Crippen LogP contribution in [-0.2, 0) is 0 Å². The SMILES string of the molecule is Cc1nc2ccc(NC(=O)c3ccc(Cl)c(Cl)c3)cn2n1. The maximum atomic E-state index is 12.2. The Morgan fingerprint density at radius 1 is 1.19 bits per heavy atom. The molecule has 1 aromatic carbocycles. The van der Waals surface area contributed by atoms with E-state index in [2.05, 4.69) is 15.4 Å². The first kappa shape index (κ1) is 13.9. The maximum Gasteiger partial charge on any atom is 0.255 e. The van der Waals surface area contributed by atoms with Gasteiger partial charge < -0.3 is 5.32 Å². The zero-order chi connectivity index (χ0) is 15.0. The minimum Gasteiger partial charge on any atom is -0.321 e. The molecule has 3 aromatic rings. The average molecular weight is 321 g/mol. The molecule has 0 aliphatic carbocycles. The topological polar surface area (TPSA) is 59.3 Å². The molecule has 5 nitrogen and oxygen atoms in total. The van der Waals surface area contributed by atoms with Gasteiger partial charge in [0.2, 0.25) is 0 Å². The molecule has 0 atom stereocenters. The van der Waals surface area contributed by atoms with E-state index >= 15 is 0 Å². The molecule has 0 aliphatic rings. The van der Waals surface area contributed by atoms with Crippen molar-refractivity contribution in [1.29, 1.82) is 0 Å². The molecule has 0 fully saturated rings. The van der Waals surface area contributed by atoms with E-state index in [0.717, 1.165) is 5.65 Å². The largest absolute Gasteiger partial charge is 0.321 e. The molecule has 0 saturated carbocycles. The fraction of sp³-hybridized carbons (Fsp3) is 0.0714. The van der Waals surface area contributed by atoms with Crippen molar-refractivity contribution >= 4 is 40.4 Å². The van der Waals surface area contributed by atoms with E-state index in [1.807, 2.05) is 0 Å². The van der Waals surface area contributed by atoms with Crippen molar-refractivity contribution in [2.24, 2.45) is 0 Å². The van der Waals surface area contributed by atoms with Crippen molar-refractivity contribution in [2.45, 2.75) is 6.92 Å². The lowest BCUT2D eigenvalue weighted by atomic mass is 10.2. The Bertz CT molecular complexity index is 844. The van der Waals surface area contributed by atoms with Gasteiger partial charge in [0.05, 0.1) is 21.9 Å². The van der Waals surface area contributed by atoms with Crippen LogP contribution in [0.25, 0.3) is 5.65 Å². The number of carbonyl (C=O) groups excluding carboxylic acids is 1. The average Bonchev–Trinajstić information content (AvgIpc) is 2.81. The fourth-order valence-electron chi connectivity index (χ4n) is 1.91. The molecular formula is C14H10Cl2N4O. The summed E-state index contributed by atoms with van der Waals surface area (Å²) in [5.74, 6) is 0.396. The van der Waals surface area contributed by atoms with Crippen LogP contribution < -0.4 is 5.32 Å². The molecule has 0 saturated heterocycles. The van der Waals surface area contributed by atoms with Gasteiger partial charge in [0.1, 0.15) is 5.82 Å². The Hall–Kier alpha value is -2.11. The molecule has 7 heteroatoms. The number of nitrogens with one attached hydrogen (secondary N) is 1. The van der Waals surface area contributed by atoms with Gasteiger partial charge >= 0.3 is 0 Å². The summed E-state index contributed by atoms with van der Waals surface area (Å²) in [5.41, 5.74) is 1.77. The Balaban J connectivity index is 1.86. The molecule has 1 amide bonds. The monoisotopic (exact) mass is 320 g/mol. The van der Waals surface area contributed by atoms with E-state index in [0.29, 0.717) is 27.1 Å². The van der Waals surface area contributed by atoms with Crippen molar-refractivity contribution in [3.8, 4) is 0 Å². The number of rotatable bonds is 2. The van der Waals surface area contributed by atoms with E-state index in [-0.39, 0.29) is 5.91 Å². The number of fused-ring (bicyclic) bond motifs is 1. The normalized spacial score (nSPS) is 10.8. The van der Waals surface area contributed by atoms with Crippen LogP contribution >= 0.6 is 23.2 Å². The second kappa shape index (κ2) is 5.35. The molecule has 1 N–H and O–H groups in total. The highest BCUT2D eigenvalue weighted by molar-refractivity contribution is 6.42. The third-order valence-corrected chi connectivity index (χ3v) is 3.62. The molecule has 0 bridgehead atoms. The molecule has 0 spiro atoms. The zero-order valence-corrected chi connectivity index (χ0v) is 12.5. The van der Waals surface area contributed by atoms with Gasteiger partial charge in [-0.15, -0.1) is 0 Å². The Labute approximate surface area is 130 Å². The van der Waals surface area contributed by atoms with E-state index in [1.165, 1.54) is 6.07 Å². The summed E-state index contributed by atoms with van der Waals surface area (Å²) in [5, 5.41) is 7.72. The first-order chi connectivity index (χ1) is 10.0. The van der Waals surface area contributed by atoms with Gasteiger partial charge in [0.15, 0.2) is 5.65 Å². The molecule has 21 heavy (non-hydrogen) atoms. The van der Waals surface area contributed by atoms with E-state index in [9.17, 15) is 4.79 Å². The van der Waals surface area contributed by atoms with Crippen LogP contribution in [0.1, 0.15) is 16.2 Å². The minimum absolute atomic E-state index is 0.273. The van der Waals surface area contributed by atoms with Gasteiger partial charge in [-0.2, -0.15) is 5.10 Å². The predicted octanol–water partition coefficient (Wildman–Crippen LogP) is 3.60. The van der Waals surface area contributed by atoms with Crippen molar-refractivity contribution in [3.05, 3.63) is 58.0 Å². The van der Waals surface area contributed by atoms with Crippen LogP contribution in [-0.4, -0.2) is 20.5 Å². The number of benzene rings is 1. The molecular weight excluding hydrogens is 311 g/mol. The highest BCUT2D eigenvalue weighted by atomic mass is 35.5. The molecule has 3 rings (SSSR count). The van der Waals surface area contributed by atoms with E-state index in [4.69, 9.17) is 23.2 Å². The number of carbonyl (C=O) groups is 1. The van der Waals surface area contributed by atoms with Crippen LogP contribution in [0, 0.1) is 6.92 Å². The fourth-order valence-corrected chi connectivity index (χ4v) is 2.21. The van der Waals surface area contributed by atoms with Gasteiger partial charge in [0, 0.05) is 5.56 Å². The lowest BCUT2D eigenvalue weighted by Gasteiger charge is -2.06. The highest BCUT2D eigenvalue weighted by Crippen LogP contribution is 2.23. The number of hydrogen-bond donors (Lipinski definition) is 1. The number of anilines is 1. The number of halogens is 2. The first-order valence-electron chi connectivity index (χ1n) is 6.12. The molecule has 2 aromatic heterocycles. The first-order valence-corrected chi connectivity index (χ1v) is 6.88. The van der Waals surface area contributed by atoms with Crippen LogP contribution in [0.5, 0.6) is 0 Å². The molecule has 0 radical (unpaired) electrons. The van der Waals surface area contributed by atoms with Gasteiger partial charge in [-0.3, -0.25) is 4.79 Å². The predicted molar refractivity (Wildman–Crippen MR) is 82.1 cm³/mol. The standard InChI is InChI=1S/C14H10Cl2N4O/c1-8-17-13-5-3-10(7-20(13)19-8)18-14(21)9-2-4-11(15)12(16)6-9/h2-7H,1H3,(H,18,21). The molecule has 0 aliphatic heterocycles. The lowest BCUT2D eigenvalue weighted by molar-refractivity contribution is 0.102. The van der Waals surface area contributed by atoms with Crippen molar-refractivity contribution in [2.75, 3.05) is 5.32 Å². The van der Waals surface area contributed by atoms with Gasteiger partial charge in [-0.1, -0.05) is 23.2 Å². The van der Waals surface area contributed by atoms with Crippen LogP contribution in [0.4, 0.5) is 5.69 Å². The van der Waals surface area contributed by atoms with Crippen LogP contribution in [0.15, 0.2) is 36.5 Å².